The molecule has 2 aromatic rings. The smallest absolute Gasteiger partial charge is 0.240 e. The van der Waals surface area contributed by atoms with E-state index in [9.17, 15) is 18.0 Å². The van der Waals surface area contributed by atoms with Gasteiger partial charge >= 0.3 is 0 Å². The van der Waals surface area contributed by atoms with Gasteiger partial charge in [-0.3, -0.25) is 9.59 Å². The molecular formula is C23H25N3O6S. The molecule has 2 aliphatic heterocycles. The first-order chi connectivity index (χ1) is 15.9. The number of ether oxygens (including phenoxy) is 2. The summed E-state index contributed by atoms with van der Waals surface area (Å²) in [6.45, 7) is 1.48. The molecule has 3 aliphatic rings. The minimum Gasteiger partial charge on any atom is -0.486 e. The van der Waals surface area contributed by atoms with E-state index in [-0.39, 0.29) is 35.6 Å². The summed E-state index contributed by atoms with van der Waals surface area (Å²) in [5.41, 5.74) is 2.20. The number of sulfonamides is 1. The van der Waals surface area contributed by atoms with Gasteiger partial charge in [-0.15, -0.1) is 0 Å². The molecule has 0 aromatic heterocycles. The number of amides is 2. The monoisotopic (exact) mass is 471 g/mol. The second-order valence-corrected chi connectivity index (χ2v) is 10.1. The van der Waals surface area contributed by atoms with Gasteiger partial charge in [0.2, 0.25) is 21.8 Å². The topological polar surface area (TPSA) is 114 Å². The Morgan fingerprint density at radius 3 is 2.61 bits per heavy atom. The van der Waals surface area contributed by atoms with Crippen molar-refractivity contribution in [3.63, 3.8) is 0 Å². The number of hydrogen-bond donors (Lipinski definition) is 2. The van der Waals surface area contributed by atoms with Crippen molar-refractivity contribution in [3.8, 4) is 11.5 Å². The molecule has 1 fully saturated rings. The summed E-state index contributed by atoms with van der Waals surface area (Å²) in [6.07, 6.45) is 2.48. The van der Waals surface area contributed by atoms with Crippen LogP contribution in [-0.4, -0.2) is 46.5 Å². The average molecular weight is 472 g/mol. The number of benzene rings is 2. The van der Waals surface area contributed by atoms with E-state index in [1.807, 2.05) is 0 Å². The first kappa shape index (κ1) is 21.7. The average Bonchev–Trinajstić information content (AvgIpc) is 3.57. The number of carbonyl (C=O) groups is 2. The first-order valence-corrected chi connectivity index (χ1v) is 12.5. The predicted molar refractivity (Wildman–Crippen MR) is 121 cm³/mol. The lowest BCUT2D eigenvalue weighted by atomic mass is 10.2. The molecule has 2 N–H and O–H groups in total. The van der Waals surface area contributed by atoms with E-state index in [1.165, 1.54) is 6.07 Å². The van der Waals surface area contributed by atoms with Gasteiger partial charge < -0.3 is 19.7 Å². The zero-order valence-electron chi connectivity index (χ0n) is 18.0. The van der Waals surface area contributed by atoms with Crippen LogP contribution in [-0.2, 0) is 26.0 Å². The van der Waals surface area contributed by atoms with Crippen LogP contribution in [0.15, 0.2) is 41.3 Å². The molecule has 0 unspecified atom stereocenters. The van der Waals surface area contributed by atoms with Crippen molar-refractivity contribution in [3.05, 3.63) is 42.0 Å². The van der Waals surface area contributed by atoms with Crippen LogP contribution in [0.3, 0.4) is 0 Å². The van der Waals surface area contributed by atoms with E-state index in [4.69, 9.17) is 9.47 Å². The highest BCUT2D eigenvalue weighted by molar-refractivity contribution is 7.89. The van der Waals surface area contributed by atoms with E-state index < -0.39 is 10.0 Å². The molecule has 9 nitrogen and oxygen atoms in total. The minimum atomic E-state index is -3.77. The fourth-order valence-corrected chi connectivity index (χ4v) is 5.13. The number of anilines is 2. The van der Waals surface area contributed by atoms with Gasteiger partial charge in [0, 0.05) is 42.9 Å². The molecule has 0 atom stereocenters. The summed E-state index contributed by atoms with van der Waals surface area (Å²) < 4.78 is 38.9. The van der Waals surface area contributed by atoms with E-state index >= 15 is 0 Å². The Kier molecular flexibility index (Phi) is 5.71. The van der Waals surface area contributed by atoms with Crippen molar-refractivity contribution in [1.82, 2.24) is 4.72 Å². The van der Waals surface area contributed by atoms with Crippen LogP contribution in [0.25, 0.3) is 0 Å². The molecule has 10 heteroatoms. The Labute approximate surface area is 192 Å². The van der Waals surface area contributed by atoms with E-state index in [0.717, 1.165) is 24.1 Å². The second kappa shape index (κ2) is 8.68. The Balaban J connectivity index is 1.16. The molecular weight excluding hydrogens is 446 g/mol. The van der Waals surface area contributed by atoms with Crippen LogP contribution in [0.5, 0.6) is 11.5 Å². The van der Waals surface area contributed by atoms with E-state index in [1.54, 1.807) is 35.2 Å². The van der Waals surface area contributed by atoms with Crippen LogP contribution < -0.4 is 24.4 Å². The number of hydrogen-bond acceptors (Lipinski definition) is 6. The molecule has 174 valence electrons. The maximum absolute atomic E-state index is 12.7. The van der Waals surface area contributed by atoms with Gasteiger partial charge in [0.25, 0.3) is 0 Å². The fraction of sp³-hybridized carbons (Fsp3) is 0.391. The van der Waals surface area contributed by atoms with Crippen molar-refractivity contribution in [2.75, 3.05) is 36.5 Å². The molecule has 0 saturated heterocycles. The van der Waals surface area contributed by atoms with Gasteiger partial charge in [-0.1, -0.05) is 0 Å². The number of nitrogens with zero attached hydrogens (tertiary/aromatic N) is 1. The van der Waals surface area contributed by atoms with E-state index in [0.29, 0.717) is 43.4 Å². The highest BCUT2D eigenvalue weighted by atomic mass is 32.2. The quantitative estimate of drug-likeness (QED) is 0.639. The van der Waals surface area contributed by atoms with Crippen molar-refractivity contribution in [2.24, 2.45) is 5.92 Å². The predicted octanol–water partition coefficient (Wildman–Crippen LogP) is 2.06. The second-order valence-electron chi connectivity index (χ2n) is 8.36. The minimum absolute atomic E-state index is 0.0255. The molecule has 5 rings (SSSR count). The number of rotatable bonds is 7. The normalized spacial score (nSPS) is 16.9. The van der Waals surface area contributed by atoms with E-state index in [2.05, 4.69) is 10.0 Å². The zero-order valence-corrected chi connectivity index (χ0v) is 18.8. The molecule has 0 spiro atoms. The summed E-state index contributed by atoms with van der Waals surface area (Å²) in [6, 6.07) is 9.93. The van der Waals surface area contributed by atoms with Crippen molar-refractivity contribution >= 4 is 33.2 Å². The van der Waals surface area contributed by atoms with Gasteiger partial charge in [0.1, 0.15) is 13.2 Å². The van der Waals surface area contributed by atoms with Crippen LogP contribution in [0.1, 0.15) is 24.8 Å². The van der Waals surface area contributed by atoms with Crippen LogP contribution in [0.2, 0.25) is 0 Å². The molecule has 33 heavy (non-hydrogen) atoms. The summed E-state index contributed by atoms with van der Waals surface area (Å²) in [4.78, 5) is 26.6. The number of carbonyl (C=O) groups excluding carboxylic acids is 2. The lowest BCUT2D eigenvalue weighted by Gasteiger charge is -2.19. The van der Waals surface area contributed by atoms with Gasteiger partial charge in [-0.25, -0.2) is 13.1 Å². The number of fused-ring (bicyclic) bond motifs is 2. The molecule has 2 amide bonds. The summed E-state index contributed by atoms with van der Waals surface area (Å²) >= 11 is 0. The van der Waals surface area contributed by atoms with Crippen LogP contribution in [0, 0.1) is 5.92 Å². The fourth-order valence-electron chi connectivity index (χ4n) is 4.05. The molecule has 0 radical (unpaired) electrons. The molecule has 1 saturated carbocycles. The third-order valence-corrected chi connectivity index (χ3v) is 7.38. The van der Waals surface area contributed by atoms with Crippen molar-refractivity contribution < 1.29 is 27.5 Å². The summed E-state index contributed by atoms with van der Waals surface area (Å²) in [5, 5.41) is 2.73. The molecule has 0 bridgehead atoms. The lowest BCUT2D eigenvalue weighted by Crippen LogP contribution is -2.30. The Hall–Kier alpha value is -3.11. The van der Waals surface area contributed by atoms with Gasteiger partial charge in [-0.2, -0.15) is 0 Å². The Morgan fingerprint density at radius 2 is 1.82 bits per heavy atom. The largest absolute Gasteiger partial charge is 0.486 e. The highest BCUT2D eigenvalue weighted by Gasteiger charge is 2.36. The van der Waals surface area contributed by atoms with Crippen molar-refractivity contribution in [1.29, 1.82) is 0 Å². The summed E-state index contributed by atoms with van der Waals surface area (Å²) in [7, 11) is -3.77. The molecule has 2 aromatic carbocycles. The lowest BCUT2D eigenvalue weighted by molar-refractivity contribution is -0.119. The standard InChI is InChI=1S/C23H25N3O6S/c27-22(25-17-3-6-20-21(14-17)32-12-11-31-20)7-9-24-33(29,30)18-4-5-19-16(13-18)8-10-26(19)23(28)15-1-2-15/h3-6,13-15,24H,1-2,7-12H2,(H,25,27). The zero-order chi connectivity index (χ0) is 23.0. The van der Waals surface area contributed by atoms with Gasteiger partial charge in [-0.05, 0) is 55.2 Å². The van der Waals surface area contributed by atoms with Gasteiger partial charge in [0.05, 0.1) is 4.90 Å². The SMILES string of the molecule is O=C(CCNS(=O)(=O)c1ccc2c(c1)CCN2C(=O)C1CC1)Nc1ccc2c(c1)OCCO2. The Morgan fingerprint density at radius 1 is 1.03 bits per heavy atom. The summed E-state index contributed by atoms with van der Waals surface area (Å²) in [5.74, 6) is 1.12. The van der Waals surface area contributed by atoms with Gasteiger partial charge in [0.15, 0.2) is 11.5 Å². The van der Waals surface area contributed by atoms with Crippen molar-refractivity contribution in [2.45, 2.75) is 30.6 Å². The van der Waals surface area contributed by atoms with Crippen LogP contribution in [0.4, 0.5) is 11.4 Å². The number of nitrogens with one attached hydrogen (secondary N) is 2. The van der Waals surface area contributed by atoms with Crippen LogP contribution >= 0.6 is 0 Å². The molecule has 1 aliphatic carbocycles. The maximum Gasteiger partial charge on any atom is 0.240 e. The maximum atomic E-state index is 12.7. The first-order valence-electron chi connectivity index (χ1n) is 11.0. The third kappa shape index (κ3) is 4.67. The molecule has 2 heterocycles. The highest BCUT2D eigenvalue weighted by Crippen LogP contribution is 2.37. The third-order valence-electron chi connectivity index (χ3n) is 5.92. The Bertz CT molecular complexity index is 1210.